The van der Waals surface area contributed by atoms with Gasteiger partial charge in [0, 0.05) is 22.7 Å². The molecule has 0 spiro atoms. The van der Waals surface area contributed by atoms with E-state index in [9.17, 15) is 25.0 Å². The molecule has 3 rings (SSSR count). The molecule has 0 fully saturated rings. The SMILES string of the molecule is N#Cc1c(C=Cc2ccc(Cl)cc2)c(C(=O)NN)nn(-c2ccc([N+](=O)[O-])cc2)c1=O. The first-order valence-electron chi connectivity index (χ1n) is 8.62. The third-order valence-electron chi connectivity index (χ3n) is 4.21. The number of carbonyl (C=O) groups is 1. The Kier molecular flexibility index (Phi) is 6.21. The molecule has 0 aliphatic heterocycles. The molecule has 0 saturated heterocycles. The number of carbonyl (C=O) groups excluding carboxylic acids is 1. The van der Waals surface area contributed by atoms with Gasteiger partial charge in [0.15, 0.2) is 5.69 Å². The van der Waals surface area contributed by atoms with Crippen LogP contribution < -0.4 is 16.8 Å². The predicted molar refractivity (Wildman–Crippen MR) is 113 cm³/mol. The van der Waals surface area contributed by atoms with Crippen LogP contribution in [-0.2, 0) is 0 Å². The van der Waals surface area contributed by atoms with Gasteiger partial charge in [-0.2, -0.15) is 15.0 Å². The minimum Gasteiger partial charge on any atom is -0.289 e. The number of nitrogens with one attached hydrogen (secondary N) is 1. The van der Waals surface area contributed by atoms with Gasteiger partial charge in [-0.25, -0.2) is 5.84 Å². The van der Waals surface area contributed by atoms with Crippen molar-refractivity contribution in [1.82, 2.24) is 15.2 Å². The first-order valence-corrected chi connectivity index (χ1v) is 9.00. The zero-order valence-corrected chi connectivity index (χ0v) is 16.4. The van der Waals surface area contributed by atoms with Gasteiger partial charge in [0.05, 0.1) is 10.6 Å². The van der Waals surface area contributed by atoms with Gasteiger partial charge in [-0.05, 0) is 29.8 Å². The molecule has 1 aromatic heterocycles. The number of hydrogen-bond acceptors (Lipinski definition) is 7. The summed E-state index contributed by atoms with van der Waals surface area (Å²) in [5.41, 5.74) is 1.12. The summed E-state index contributed by atoms with van der Waals surface area (Å²) < 4.78 is 0.812. The summed E-state index contributed by atoms with van der Waals surface area (Å²) in [6, 6.07) is 13.4. The van der Waals surface area contributed by atoms with E-state index >= 15 is 0 Å². The highest BCUT2D eigenvalue weighted by Gasteiger charge is 2.21. The fraction of sp³-hybridized carbons (Fsp3) is 0. The molecule has 0 aliphatic rings. The summed E-state index contributed by atoms with van der Waals surface area (Å²) in [4.78, 5) is 35.5. The maximum atomic E-state index is 12.9. The Hall–Kier alpha value is -4.33. The largest absolute Gasteiger partial charge is 0.290 e. The normalized spacial score (nSPS) is 10.6. The molecule has 3 N–H and O–H groups in total. The number of hydrazine groups is 1. The molecule has 0 unspecified atom stereocenters. The maximum absolute atomic E-state index is 12.9. The van der Waals surface area contributed by atoms with Gasteiger partial charge in [0.25, 0.3) is 17.2 Å². The van der Waals surface area contributed by atoms with E-state index in [1.807, 2.05) is 5.43 Å². The number of amides is 1. The lowest BCUT2D eigenvalue weighted by atomic mass is 10.1. The maximum Gasteiger partial charge on any atom is 0.290 e. The van der Waals surface area contributed by atoms with Crippen molar-refractivity contribution in [3.63, 3.8) is 0 Å². The fourth-order valence-electron chi connectivity index (χ4n) is 2.69. The summed E-state index contributed by atoms with van der Waals surface area (Å²) in [5.74, 6) is 4.41. The third-order valence-corrected chi connectivity index (χ3v) is 4.46. The summed E-state index contributed by atoms with van der Waals surface area (Å²) in [5, 5.41) is 25.0. The van der Waals surface area contributed by atoms with Crippen LogP contribution in [0.4, 0.5) is 5.69 Å². The summed E-state index contributed by atoms with van der Waals surface area (Å²) in [6.07, 6.45) is 2.98. The number of nitrogens with two attached hydrogens (primary N) is 1. The van der Waals surface area contributed by atoms with Gasteiger partial charge in [0.2, 0.25) is 0 Å². The number of benzene rings is 2. The standard InChI is InChI=1S/C20H13ClN6O4/c21-13-4-1-12(2-5-13)3-10-16-17(11-22)20(29)26(25-18(16)19(28)24-23)14-6-8-15(9-7-14)27(30)31/h1-10H,23H2,(H,24,28). The van der Waals surface area contributed by atoms with E-state index in [4.69, 9.17) is 17.4 Å². The van der Waals surface area contributed by atoms with Crippen LogP contribution >= 0.6 is 11.6 Å². The molecular weight excluding hydrogens is 424 g/mol. The van der Waals surface area contributed by atoms with Gasteiger partial charge >= 0.3 is 0 Å². The van der Waals surface area contributed by atoms with Crippen LogP contribution in [0.5, 0.6) is 0 Å². The van der Waals surface area contributed by atoms with Crippen molar-refractivity contribution in [2.75, 3.05) is 0 Å². The quantitative estimate of drug-likeness (QED) is 0.269. The predicted octanol–water partition coefficient (Wildman–Crippen LogP) is 2.44. The number of non-ortho nitro benzene ring substituents is 1. The van der Waals surface area contributed by atoms with Gasteiger partial charge in [-0.15, -0.1) is 0 Å². The average molecular weight is 437 g/mol. The highest BCUT2D eigenvalue weighted by atomic mass is 35.5. The van der Waals surface area contributed by atoms with Crippen LogP contribution in [0.1, 0.15) is 27.2 Å². The lowest BCUT2D eigenvalue weighted by Gasteiger charge is -2.11. The lowest BCUT2D eigenvalue weighted by Crippen LogP contribution is -2.35. The number of rotatable bonds is 5. The van der Waals surface area contributed by atoms with E-state index in [2.05, 4.69) is 5.10 Å². The van der Waals surface area contributed by atoms with E-state index in [-0.39, 0.29) is 28.2 Å². The van der Waals surface area contributed by atoms with Crippen LogP contribution in [0.15, 0.2) is 53.3 Å². The molecule has 31 heavy (non-hydrogen) atoms. The van der Waals surface area contributed by atoms with Crippen LogP contribution in [0.25, 0.3) is 17.8 Å². The first kappa shape index (κ1) is 21.4. The minimum atomic E-state index is -0.831. The topological polar surface area (TPSA) is 157 Å². The average Bonchev–Trinajstić information content (AvgIpc) is 2.78. The Morgan fingerprint density at radius 2 is 1.84 bits per heavy atom. The molecule has 1 amide bonds. The molecule has 0 atom stereocenters. The summed E-state index contributed by atoms with van der Waals surface area (Å²) in [6.45, 7) is 0. The summed E-state index contributed by atoms with van der Waals surface area (Å²) in [7, 11) is 0. The molecule has 10 nitrogen and oxygen atoms in total. The second kappa shape index (κ2) is 9.00. The van der Waals surface area contributed by atoms with E-state index < -0.39 is 16.4 Å². The van der Waals surface area contributed by atoms with Crippen LogP contribution in [0, 0.1) is 21.4 Å². The van der Waals surface area contributed by atoms with E-state index in [1.54, 1.807) is 36.4 Å². The lowest BCUT2D eigenvalue weighted by molar-refractivity contribution is -0.384. The third kappa shape index (κ3) is 4.48. The van der Waals surface area contributed by atoms with Crippen molar-refractivity contribution in [1.29, 1.82) is 5.26 Å². The Morgan fingerprint density at radius 3 is 2.39 bits per heavy atom. The summed E-state index contributed by atoms with van der Waals surface area (Å²) >= 11 is 5.86. The van der Waals surface area contributed by atoms with E-state index in [1.165, 1.54) is 30.3 Å². The van der Waals surface area contributed by atoms with Crippen molar-refractivity contribution in [3.05, 3.63) is 96.4 Å². The smallest absolute Gasteiger partial charge is 0.289 e. The van der Waals surface area contributed by atoms with Gasteiger partial charge < -0.3 is 0 Å². The Morgan fingerprint density at radius 1 is 1.19 bits per heavy atom. The van der Waals surface area contributed by atoms with Gasteiger partial charge in [-0.3, -0.25) is 25.1 Å². The molecule has 3 aromatic rings. The molecule has 2 aromatic carbocycles. The monoisotopic (exact) mass is 436 g/mol. The van der Waals surface area contributed by atoms with E-state index in [0.29, 0.717) is 10.6 Å². The number of nitrogen functional groups attached to an aromatic ring is 1. The number of nitrogens with zero attached hydrogens (tertiary/aromatic N) is 4. The number of hydrogen-bond donors (Lipinski definition) is 2. The van der Waals surface area contributed by atoms with Crippen molar-refractivity contribution >= 4 is 35.3 Å². The number of nitro groups is 1. The first-order chi connectivity index (χ1) is 14.8. The Bertz CT molecular complexity index is 1290. The van der Waals surface area contributed by atoms with Crippen molar-refractivity contribution in [3.8, 4) is 11.8 Å². The fourth-order valence-corrected chi connectivity index (χ4v) is 2.82. The van der Waals surface area contributed by atoms with Crippen LogP contribution in [-0.4, -0.2) is 20.6 Å². The Labute approximate surface area is 179 Å². The number of nitriles is 1. The van der Waals surface area contributed by atoms with Crippen molar-refractivity contribution in [2.24, 2.45) is 5.84 Å². The second-order valence-corrected chi connectivity index (χ2v) is 6.53. The number of nitro benzene ring substituents is 1. The molecule has 0 aliphatic carbocycles. The molecule has 0 radical (unpaired) electrons. The molecule has 1 heterocycles. The van der Waals surface area contributed by atoms with Crippen LogP contribution in [0.3, 0.4) is 0 Å². The van der Waals surface area contributed by atoms with Gasteiger partial charge in [-0.1, -0.05) is 35.9 Å². The molecule has 154 valence electrons. The minimum absolute atomic E-state index is 0.0245. The molecule has 11 heteroatoms. The zero-order valence-electron chi connectivity index (χ0n) is 15.7. The highest BCUT2D eigenvalue weighted by molar-refractivity contribution is 6.30. The molecular formula is C20H13ClN6O4. The van der Waals surface area contributed by atoms with E-state index in [0.717, 1.165) is 4.68 Å². The van der Waals surface area contributed by atoms with Crippen LogP contribution in [0.2, 0.25) is 5.02 Å². The van der Waals surface area contributed by atoms with Crippen molar-refractivity contribution < 1.29 is 9.72 Å². The number of aromatic nitrogens is 2. The Balaban J connectivity index is 2.19. The highest BCUT2D eigenvalue weighted by Crippen LogP contribution is 2.18. The van der Waals surface area contributed by atoms with Gasteiger partial charge in [0.1, 0.15) is 11.6 Å². The van der Waals surface area contributed by atoms with Crippen molar-refractivity contribution in [2.45, 2.75) is 0 Å². The zero-order chi connectivity index (χ0) is 22.5. The number of halogens is 1. The molecule has 0 bridgehead atoms. The second-order valence-electron chi connectivity index (χ2n) is 6.10. The molecule has 0 saturated carbocycles.